The number of aromatic nitrogens is 2. The first-order chi connectivity index (χ1) is 28.9. The van der Waals surface area contributed by atoms with Crippen molar-refractivity contribution in [3.63, 3.8) is 0 Å². The first-order valence-corrected chi connectivity index (χ1v) is 20.0. The van der Waals surface area contributed by atoms with E-state index in [1.807, 2.05) is 18.2 Å². The molecule has 0 bridgehead atoms. The van der Waals surface area contributed by atoms with Gasteiger partial charge < -0.3 is 9.13 Å². The highest BCUT2D eigenvalue weighted by molar-refractivity contribution is 6.23. The van der Waals surface area contributed by atoms with Gasteiger partial charge >= 0.3 is 0 Å². The molecule has 12 rings (SSSR count). The summed E-state index contributed by atoms with van der Waals surface area (Å²) in [5.41, 5.74) is 13.8. The zero-order chi connectivity index (χ0) is 39.6. The van der Waals surface area contributed by atoms with Gasteiger partial charge in [-0.2, -0.15) is 5.26 Å². The Bertz CT molecular complexity index is 3730. The van der Waals surface area contributed by atoms with Crippen LogP contribution in [0.5, 0.6) is 0 Å². The lowest BCUT2D eigenvalue weighted by molar-refractivity contribution is 0.660. The molecular formula is C55H34N4. The Hall–Kier alpha value is -7.92. The number of hydrogen-bond donors (Lipinski definition) is 0. The van der Waals surface area contributed by atoms with Crippen molar-refractivity contribution in [1.82, 2.24) is 9.13 Å². The molecule has 0 amide bonds. The van der Waals surface area contributed by atoms with Crippen LogP contribution in [0.1, 0.15) is 30.5 Å². The van der Waals surface area contributed by atoms with Crippen LogP contribution in [0.15, 0.2) is 170 Å². The number of nitriles is 1. The van der Waals surface area contributed by atoms with E-state index in [2.05, 4.69) is 186 Å². The van der Waals surface area contributed by atoms with E-state index in [1.54, 1.807) is 0 Å². The SMILES string of the molecule is [C-]#[N+]c1cc(-n2c3ccc(-c4ccc5c(c4)C(C)(C)c4ccccc4-5)cc3c3c4ccccc4ccc32)c(C#N)cc1-n1c2ccccc2c2c3ccccc3ccc21. The molecule has 0 atom stereocenters. The molecule has 0 aliphatic heterocycles. The average Bonchev–Trinajstić information content (AvgIpc) is 3.88. The molecular weight excluding hydrogens is 717 g/mol. The normalized spacial score (nSPS) is 13.0. The van der Waals surface area contributed by atoms with E-state index in [1.165, 1.54) is 27.8 Å². The Morgan fingerprint density at radius 3 is 1.78 bits per heavy atom. The maximum absolute atomic E-state index is 11.0. The molecule has 0 N–H and O–H groups in total. The van der Waals surface area contributed by atoms with E-state index in [-0.39, 0.29) is 5.41 Å². The smallest absolute Gasteiger partial charge is 0.212 e. The summed E-state index contributed by atoms with van der Waals surface area (Å²) < 4.78 is 4.36. The number of rotatable bonds is 3. The lowest BCUT2D eigenvalue weighted by atomic mass is 9.81. The zero-order valence-electron chi connectivity index (χ0n) is 32.5. The minimum atomic E-state index is -0.105. The van der Waals surface area contributed by atoms with Crippen molar-refractivity contribution in [3.8, 4) is 39.7 Å². The number of hydrogen-bond acceptors (Lipinski definition) is 1. The molecule has 9 aromatic carbocycles. The molecule has 0 radical (unpaired) electrons. The van der Waals surface area contributed by atoms with Crippen molar-refractivity contribution >= 4 is 70.8 Å². The molecule has 0 saturated carbocycles. The summed E-state index contributed by atoms with van der Waals surface area (Å²) in [4.78, 5) is 4.17. The van der Waals surface area contributed by atoms with Crippen molar-refractivity contribution in [2.45, 2.75) is 19.3 Å². The Morgan fingerprint density at radius 2 is 1.05 bits per heavy atom. The maximum Gasteiger partial charge on any atom is 0.212 e. The highest BCUT2D eigenvalue weighted by atomic mass is 15.0. The highest BCUT2D eigenvalue weighted by Crippen LogP contribution is 2.50. The molecule has 1 aliphatic rings. The Kier molecular flexibility index (Phi) is 6.79. The van der Waals surface area contributed by atoms with Gasteiger partial charge in [0.15, 0.2) is 0 Å². The van der Waals surface area contributed by atoms with Gasteiger partial charge in [-0.25, -0.2) is 4.85 Å². The molecule has 0 unspecified atom stereocenters. The highest BCUT2D eigenvalue weighted by Gasteiger charge is 2.35. The number of fused-ring (bicyclic) bond motifs is 13. The van der Waals surface area contributed by atoms with Crippen molar-refractivity contribution < 1.29 is 0 Å². The molecule has 2 heterocycles. The fraction of sp³-hybridized carbons (Fsp3) is 0.0545. The quantitative estimate of drug-likeness (QED) is 0.166. The van der Waals surface area contributed by atoms with Gasteiger partial charge in [-0.3, -0.25) is 0 Å². The number of nitrogens with zero attached hydrogens (tertiary/aromatic N) is 4. The molecule has 59 heavy (non-hydrogen) atoms. The molecule has 0 spiro atoms. The monoisotopic (exact) mass is 750 g/mol. The lowest BCUT2D eigenvalue weighted by Gasteiger charge is -2.22. The molecule has 274 valence electrons. The second-order valence-corrected chi connectivity index (χ2v) is 16.3. The van der Waals surface area contributed by atoms with Crippen molar-refractivity contribution in [1.29, 1.82) is 5.26 Å². The van der Waals surface area contributed by atoms with Crippen LogP contribution >= 0.6 is 0 Å². The van der Waals surface area contributed by atoms with E-state index in [0.717, 1.165) is 70.7 Å². The Labute approximate surface area is 340 Å². The summed E-state index contributed by atoms with van der Waals surface area (Å²) in [6, 6.07) is 62.7. The second-order valence-electron chi connectivity index (χ2n) is 16.3. The van der Waals surface area contributed by atoms with E-state index < -0.39 is 0 Å². The van der Waals surface area contributed by atoms with Gasteiger partial charge in [0.1, 0.15) is 6.07 Å². The molecule has 11 aromatic rings. The molecule has 0 fully saturated rings. The van der Waals surface area contributed by atoms with Gasteiger partial charge in [-0.15, -0.1) is 0 Å². The number of benzene rings is 9. The third-order valence-electron chi connectivity index (χ3n) is 12.9. The average molecular weight is 751 g/mol. The second kappa shape index (κ2) is 12.0. The fourth-order valence-electron chi connectivity index (χ4n) is 10.2. The summed E-state index contributed by atoms with van der Waals surface area (Å²) in [5.74, 6) is 0. The van der Waals surface area contributed by atoms with E-state index in [4.69, 9.17) is 6.57 Å². The molecule has 4 nitrogen and oxygen atoms in total. The molecule has 4 heteroatoms. The minimum Gasteiger partial charge on any atom is -0.319 e. The van der Waals surface area contributed by atoms with Crippen LogP contribution in [0.4, 0.5) is 5.69 Å². The van der Waals surface area contributed by atoms with Gasteiger partial charge in [-0.1, -0.05) is 135 Å². The summed E-state index contributed by atoms with van der Waals surface area (Å²) in [5, 5.41) is 20.1. The summed E-state index contributed by atoms with van der Waals surface area (Å²) >= 11 is 0. The fourth-order valence-corrected chi connectivity index (χ4v) is 10.2. The van der Waals surface area contributed by atoms with Crippen LogP contribution in [0.3, 0.4) is 0 Å². The zero-order valence-corrected chi connectivity index (χ0v) is 32.5. The van der Waals surface area contributed by atoms with Crippen molar-refractivity contribution in [2.75, 3.05) is 0 Å². The standard InChI is InChI=1S/C55H34N4/c1-55(2)44-18-10-8-16-40(44)41-24-20-36(29-45(41)55)35-23-25-48-43(28-35)54-39-15-7-5-13-34(39)22-27-50(54)58(48)51-31-46(57-3)52(30-37(51)32-56)59-47-19-11-9-17-42(47)53-38-14-6-4-12-33(38)21-26-49(53)59/h4-31H,1-2H3. The van der Waals surface area contributed by atoms with Crippen LogP contribution in [-0.2, 0) is 5.41 Å². The minimum absolute atomic E-state index is 0.105. The molecule has 1 aliphatic carbocycles. The lowest BCUT2D eigenvalue weighted by Crippen LogP contribution is -2.14. The van der Waals surface area contributed by atoms with Crippen LogP contribution in [0, 0.1) is 17.9 Å². The largest absolute Gasteiger partial charge is 0.319 e. The van der Waals surface area contributed by atoms with Crippen molar-refractivity contribution in [2.24, 2.45) is 0 Å². The van der Waals surface area contributed by atoms with Gasteiger partial charge in [0, 0.05) is 27.0 Å². The molecule has 2 aromatic heterocycles. The van der Waals surface area contributed by atoms with Crippen LogP contribution in [0.2, 0.25) is 0 Å². The third-order valence-corrected chi connectivity index (χ3v) is 12.9. The van der Waals surface area contributed by atoms with Gasteiger partial charge in [0.2, 0.25) is 5.69 Å². The van der Waals surface area contributed by atoms with E-state index in [9.17, 15) is 5.26 Å². The summed E-state index contributed by atoms with van der Waals surface area (Å²) in [7, 11) is 0. The van der Waals surface area contributed by atoms with E-state index >= 15 is 0 Å². The first kappa shape index (κ1) is 33.2. The number of para-hydroxylation sites is 1. The maximum atomic E-state index is 11.0. The van der Waals surface area contributed by atoms with Crippen molar-refractivity contribution in [3.05, 3.63) is 198 Å². The topological polar surface area (TPSA) is 38.0 Å². The third kappa shape index (κ3) is 4.52. The van der Waals surface area contributed by atoms with Crippen LogP contribution in [0.25, 0.3) is 104 Å². The van der Waals surface area contributed by atoms with Gasteiger partial charge in [-0.05, 0) is 103 Å². The van der Waals surface area contributed by atoms with Gasteiger partial charge in [0.05, 0.1) is 45.6 Å². The Morgan fingerprint density at radius 1 is 0.492 bits per heavy atom. The summed E-state index contributed by atoms with van der Waals surface area (Å²) in [6.45, 7) is 13.2. The predicted molar refractivity (Wildman–Crippen MR) is 244 cm³/mol. The predicted octanol–water partition coefficient (Wildman–Crippen LogP) is 14.6. The first-order valence-electron chi connectivity index (χ1n) is 20.0. The van der Waals surface area contributed by atoms with Crippen LogP contribution < -0.4 is 0 Å². The molecule has 0 saturated heterocycles. The van der Waals surface area contributed by atoms with Gasteiger partial charge in [0.25, 0.3) is 0 Å². The van der Waals surface area contributed by atoms with E-state index in [0.29, 0.717) is 22.6 Å². The summed E-state index contributed by atoms with van der Waals surface area (Å²) in [6.07, 6.45) is 0. The Balaban J connectivity index is 1.10. The van der Waals surface area contributed by atoms with Crippen LogP contribution in [-0.4, -0.2) is 9.13 Å².